The van der Waals surface area contributed by atoms with Crippen molar-refractivity contribution in [1.82, 2.24) is 10.4 Å². The number of ketones is 1. The van der Waals surface area contributed by atoms with Crippen LogP contribution >= 0.6 is 0 Å². The van der Waals surface area contributed by atoms with Gasteiger partial charge in [-0.1, -0.05) is 26.7 Å². The first-order valence-corrected chi connectivity index (χ1v) is 10.4. The zero-order chi connectivity index (χ0) is 24.4. The first-order valence-electron chi connectivity index (χ1n) is 10.4. The summed E-state index contributed by atoms with van der Waals surface area (Å²) in [6.07, 6.45) is 4.31. The van der Waals surface area contributed by atoms with Crippen LogP contribution in [-0.4, -0.2) is 41.4 Å². The average molecular weight is 459 g/mol. The molecular formula is C21H28F3N3O5. The number of carbonyl (C=O) groups excluding carboxylic acids is 2. The predicted molar refractivity (Wildman–Crippen MR) is 111 cm³/mol. The molecule has 0 saturated heterocycles. The number of benzene rings is 1. The summed E-state index contributed by atoms with van der Waals surface area (Å²) in [4.78, 5) is 35.3. The molecule has 0 aromatic heterocycles. The maximum absolute atomic E-state index is 14.7. The summed E-state index contributed by atoms with van der Waals surface area (Å²) in [6, 6.07) is 0. The molecule has 1 aromatic rings. The van der Waals surface area contributed by atoms with Gasteiger partial charge in [0.15, 0.2) is 5.82 Å². The van der Waals surface area contributed by atoms with Crippen molar-refractivity contribution in [1.29, 1.82) is 0 Å². The summed E-state index contributed by atoms with van der Waals surface area (Å²) < 4.78 is 47.6. The number of nitro groups is 1. The molecule has 0 heterocycles. The van der Waals surface area contributed by atoms with Crippen molar-refractivity contribution >= 4 is 17.4 Å². The highest BCUT2D eigenvalue weighted by Gasteiger charge is 2.37. The van der Waals surface area contributed by atoms with Gasteiger partial charge < -0.3 is 10.2 Å². The minimum absolute atomic E-state index is 0.139. The molecule has 8 nitrogen and oxygen atoms in total. The van der Waals surface area contributed by atoms with Gasteiger partial charge in [0.05, 0.1) is 11.5 Å². The lowest BCUT2D eigenvalue weighted by atomic mass is 9.98. The fourth-order valence-corrected chi connectivity index (χ4v) is 2.80. The van der Waals surface area contributed by atoms with E-state index in [1.165, 1.54) is 6.92 Å². The van der Waals surface area contributed by atoms with E-state index in [1.807, 2.05) is 13.8 Å². The smallest absolute Gasteiger partial charge is 0.343 e. The number of unbranched alkanes of at least 4 members (excludes halogenated alkanes) is 2. The SMILES string of the molecule is CCCCN(CCCC)NC=C(C(=O)OCC)C(=O)c1c(F)c(C)c(F)c(F)c1[N+](=O)[O-]. The standard InChI is InChI=1S/C21H28F3N3O5/c1-5-8-10-26(11-9-6-2)25-12-14(21(29)32-7-3)20(28)15-16(22)13(4)17(23)18(24)19(15)27(30)31/h12,25H,5-11H2,1-4H3. The molecule has 1 aromatic carbocycles. The minimum Gasteiger partial charge on any atom is -0.462 e. The Kier molecular flexibility index (Phi) is 10.8. The van der Waals surface area contributed by atoms with Crippen molar-refractivity contribution in [3.8, 4) is 0 Å². The largest absolute Gasteiger partial charge is 0.462 e. The highest BCUT2D eigenvalue weighted by atomic mass is 19.2. The second kappa shape index (κ2) is 12.8. The molecule has 0 radical (unpaired) electrons. The van der Waals surface area contributed by atoms with Crippen molar-refractivity contribution in [2.45, 2.75) is 53.4 Å². The Morgan fingerprint density at radius 2 is 1.62 bits per heavy atom. The molecule has 0 aliphatic carbocycles. The van der Waals surface area contributed by atoms with Gasteiger partial charge in [0.25, 0.3) is 0 Å². The quantitative estimate of drug-likeness (QED) is 0.0684. The number of hydrogen-bond donors (Lipinski definition) is 1. The summed E-state index contributed by atoms with van der Waals surface area (Å²) in [7, 11) is 0. The van der Waals surface area contributed by atoms with E-state index in [9.17, 15) is 32.9 Å². The number of esters is 1. The van der Waals surface area contributed by atoms with Crippen LogP contribution in [0.4, 0.5) is 18.9 Å². The fraction of sp³-hybridized carbons (Fsp3) is 0.524. The van der Waals surface area contributed by atoms with Crippen LogP contribution in [0.2, 0.25) is 0 Å². The number of carbonyl (C=O) groups is 2. The van der Waals surface area contributed by atoms with Crippen molar-refractivity contribution in [3.05, 3.63) is 50.5 Å². The van der Waals surface area contributed by atoms with Gasteiger partial charge in [-0.2, -0.15) is 4.39 Å². The van der Waals surface area contributed by atoms with E-state index in [-0.39, 0.29) is 6.61 Å². The van der Waals surface area contributed by atoms with E-state index < -0.39 is 56.5 Å². The van der Waals surface area contributed by atoms with Crippen LogP contribution in [0.1, 0.15) is 62.4 Å². The van der Waals surface area contributed by atoms with Crippen LogP contribution in [-0.2, 0) is 9.53 Å². The first kappa shape index (κ1) is 27.1. The molecule has 32 heavy (non-hydrogen) atoms. The monoisotopic (exact) mass is 459 g/mol. The van der Waals surface area contributed by atoms with Crippen LogP contribution in [0.3, 0.4) is 0 Å². The van der Waals surface area contributed by atoms with Crippen LogP contribution in [0, 0.1) is 34.5 Å². The van der Waals surface area contributed by atoms with Crippen molar-refractivity contribution in [3.63, 3.8) is 0 Å². The van der Waals surface area contributed by atoms with Gasteiger partial charge in [-0.15, -0.1) is 0 Å². The molecule has 0 atom stereocenters. The van der Waals surface area contributed by atoms with E-state index >= 15 is 0 Å². The number of nitro benzene ring substituents is 1. The maximum atomic E-state index is 14.7. The van der Waals surface area contributed by atoms with E-state index in [2.05, 4.69) is 5.43 Å². The van der Waals surface area contributed by atoms with Crippen LogP contribution < -0.4 is 5.43 Å². The normalized spacial score (nSPS) is 11.6. The Labute approximate surface area is 184 Å². The molecule has 0 saturated carbocycles. The second-order valence-corrected chi connectivity index (χ2v) is 6.98. The van der Waals surface area contributed by atoms with Crippen molar-refractivity contribution in [2.75, 3.05) is 19.7 Å². The molecule has 178 valence electrons. The lowest BCUT2D eigenvalue weighted by molar-refractivity contribution is -0.388. The summed E-state index contributed by atoms with van der Waals surface area (Å²) in [6.45, 7) is 7.25. The lowest BCUT2D eigenvalue weighted by Gasteiger charge is -2.22. The molecule has 0 aliphatic heterocycles. The van der Waals surface area contributed by atoms with Gasteiger partial charge in [-0.3, -0.25) is 14.9 Å². The van der Waals surface area contributed by atoms with Gasteiger partial charge in [-0.05, 0) is 26.7 Å². The molecule has 0 unspecified atom stereocenters. The van der Waals surface area contributed by atoms with Gasteiger partial charge in [0.1, 0.15) is 17.0 Å². The molecule has 1 rings (SSSR count). The van der Waals surface area contributed by atoms with Gasteiger partial charge in [0, 0.05) is 24.9 Å². The average Bonchev–Trinajstić information content (AvgIpc) is 2.75. The number of nitrogens with zero attached hydrogens (tertiary/aromatic N) is 2. The van der Waals surface area contributed by atoms with Gasteiger partial charge in [-0.25, -0.2) is 18.6 Å². The summed E-state index contributed by atoms with van der Waals surface area (Å²) >= 11 is 0. The maximum Gasteiger partial charge on any atom is 0.343 e. The topological polar surface area (TPSA) is 102 Å². The fourth-order valence-electron chi connectivity index (χ4n) is 2.80. The Bertz CT molecular complexity index is 882. The van der Waals surface area contributed by atoms with Crippen molar-refractivity contribution < 1.29 is 32.4 Å². The van der Waals surface area contributed by atoms with Crippen molar-refractivity contribution in [2.24, 2.45) is 0 Å². The predicted octanol–water partition coefficient (Wildman–Crippen LogP) is 4.36. The Morgan fingerprint density at radius 3 is 2.09 bits per heavy atom. The third-order valence-corrected chi connectivity index (χ3v) is 4.62. The summed E-state index contributed by atoms with van der Waals surface area (Å²) in [5, 5.41) is 13.0. The number of nitrogens with one attached hydrogen (secondary N) is 1. The molecule has 11 heteroatoms. The molecule has 0 amide bonds. The lowest BCUT2D eigenvalue weighted by Crippen LogP contribution is -2.37. The molecule has 0 spiro atoms. The number of hydrazine groups is 1. The first-order chi connectivity index (χ1) is 15.1. The summed E-state index contributed by atoms with van der Waals surface area (Å²) in [5.74, 6) is -8.07. The highest BCUT2D eigenvalue weighted by molar-refractivity contribution is 6.25. The van der Waals surface area contributed by atoms with E-state index in [0.717, 1.165) is 38.8 Å². The number of ether oxygens (including phenoxy) is 1. The van der Waals surface area contributed by atoms with Gasteiger partial charge in [0.2, 0.25) is 11.6 Å². The van der Waals surface area contributed by atoms with E-state index in [4.69, 9.17) is 4.74 Å². The summed E-state index contributed by atoms with van der Waals surface area (Å²) in [5.41, 5.74) is -1.95. The van der Waals surface area contributed by atoms with Crippen LogP contribution in [0.25, 0.3) is 0 Å². The number of halogens is 3. The van der Waals surface area contributed by atoms with Gasteiger partial charge >= 0.3 is 11.7 Å². The van der Waals surface area contributed by atoms with E-state index in [0.29, 0.717) is 13.1 Å². The Hall–Kier alpha value is -2.95. The number of Topliss-reactive ketones (excluding diaryl/α,β-unsaturated/α-hetero) is 1. The molecule has 0 aliphatic rings. The van der Waals surface area contributed by atoms with E-state index in [1.54, 1.807) is 5.01 Å². The highest BCUT2D eigenvalue weighted by Crippen LogP contribution is 2.32. The third-order valence-electron chi connectivity index (χ3n) is 4.62. The minimum atomic E-state index is -1.99. The zero-order valence-corrected chi connectivity index (χ0v) is 18.6. The zero-order valence-electron chi connectivity index (χ0n) is 18.6. The Balaban J connectivity index is 3.54. The molecule has 1 N–H and O–H groups in total. The van der Waals surface area contributed by atoms with Crippen LogP contribution in [0.15, 0.2) is 11.8 Å². The molecular weight excluding hydrogens is 431 g/mol. The number of hydrogen-bond acceptors (Lipinski definition) is 7. The second-order valence-electron chi connectivity index (χ2n) is 6.98. The molecule has 0 fully saturated rings. The number of rotatable bonds is 13. The van der Waals surface area contributed by atoms with Crippen LogP contribution in [0.5, 0.6) is 0 Å². The third kappa shape index (κ3) is 6.52. The molecule has 0 bridgehead atoms. The Morgan fingerprint density at radius 1 is 1.06 bits per heavy atom.